The first-order chi connectivity index (χ1) is 12.5. The highest BCUT2D eigenvalue weighted by atomic mass is 16.5. The van der Waals surface area contributed by atoms with E-state index < -0.39 is 11.5 Å². The van der Waals surface area contributed by atoms with Gasteiger partial charge in [0, 0.05) is 20.4 Å². The lowest BCUT2D eigenvalue weighted by Gasteiger charge is -2.12. The minimum atomic E-state index is -0.521. The standard InChI is InChI=1S/C19H21N3O4/c1-20-18(24)14-8-13(17(23)21-15-9-16(15)26-2)11-22(19(14)25)10-12-6-4-3-5-7-12/h3-8,11,15-16H,9-10H2,1-2H3,(H,20,24)(H,21,23). The highest BCUT2D eigenvalue weighted by Gasteiger charge is 2.38. The van der Waals surface area contributed by atoms with Crippen molar-refractivity contribution in [2.24, 2.45) is 0 Å². The number of amides is 2. The molecule has 2 aromatic rings. The molecular weight excluding hydrogens is 334 g/mol. The molecule has 0 radical (unpaired) electrons. The maximum absolute atomic E-state index is 12.6. The van der Waals surface area contributed by atoms with Crippen LogP contribution in [0.4, 0.5) is 0 Å². The summed E-state index contributed by atoms with van der Waals surface area (Å²) < 4.78 is 6.56. The number of ether oxygens (including phenoxy) is 1. The van der Waals surface area contributed by atoms with Gasteiger partial charge in [-0.25, -0.2) is 0 Å². The molecule has 7 heteroatoms. The van der Waals surface area contributed by atoms with Crippen molar-refractivity contribution in [3.8, 4) is 0 Å². The van der Waals surface area contributed by atoms with E-state index in [1.165, 1.54) is 23.9 Å². The molecule has 1 aromatic heterocycles. The quantitative estimate of drug-likeness (QED) is 0.801. The number of aromatic nitrogens is 1. The predicted octanol–water partition coefficient (Wildman–Crippen LogP) is 0.773. The summed E-state index contributed by atoms with van der Waals surface area (Å²) in [4.78, 5) is 37.2. The molecule has 1 aliphatic rings. The fourth-order valence-electron chi connectivity index (χ4n) is 2.79. The van der Waals surface area contributed by atoms with Gasteiger partial charge in [0.15, 0.2) is 0 Å². The molecule has 2 atom stereocenters. The Hall–Kier alpha value is -2.93. The van der Waals surface area contributed by atoms with Gasteiger partial charge in [-0.05, 0) is 18.1 Å². The smallest absolute Gasteiger partial charge is 0.263 e. The molecule has 1 saturated carbocycles. The van der Waals surface area contributed by atoms with E-state index >= 15 is 0 Å². The Bertz CT molecular complexity index is 876. The summed E-state index contributed by atoms with van der Waals surface area (Å²) in [6.45, 7) is 0.273. The highest BCUT2D eigenvalue weighted by molar-refractivity contribution is 5.99. The molecular formula is C19H21N3O4. The Morgan fingerprint density at radius 2 is 1.96 bits per heavy atom. The normalized spacial score (nSPS) is 18.2. The Kier molecular flexibility index (Phi) is 5.18. The van der Waals surface area contributed by atoms with Crippen LogP contribution in [0.2, 0.25) is 0 Å². The number of nitrogens with one attached hydrogen (secondary N) is 2. The third-order valence-electron chi connectivity index (χ3n) is 4.37. The van der Waals surface area contributed by atoms with Crippen LogP contribution in [0.25, 0.3) is 0 Å². The van der Waals surface area contributed by atoms with Crippen LogP contribution in [0.1, 0.15) is 32.7 Å². The number of pyridine rings is 1. The maximum atomic E-state index is 12.6. The number of benzene rings is 1. The third-order valence-corrected chi connectivity index (χ3v) is 4.37. The van der Waals surface area contributed by atoms with E-state index in [1.54, 1.807) is 7.11 Å². The molecule has 1 aromatic carbocycles. The second kappa shape index (κ2) is 7.53. The lowest BCUT2D eigenvalue weighted by Crippen LogP contribution is -2.34. The SMILES string of the molecule is CNC(=O)c1cc(C(=O)NC2CC2OC)cn(Cc2ccccc2)c1=O. The van der Waals surface area contributed by atoms with Crippen molar-refractivity contribution < 1.29 is 14.3 Å². The molecule has 1 aliphatic carbocycles. The monoisotopic (exact) mass is 355 g/mol. The van der Waals surface area contributed by atoms with Crippen LogP contribution in [-0.2, 0) is 11.3 Å². The van der Waals surface area contributed by atoms with Crippen molar-refractivity contribution >= 4 is 11.8 Å². The van der Waals surface area contributed by atoms with Crippen molar-refractivity contribution in [2.45, 2.75) is 25.1 Å². The van der Waals surface area contributed by atoms with Crippen LogP contribution in [0, 0.1) is 0 Å². The number of hydrogen-bond acceptors (Lipinski definition) is 4. The van der Waals surface area contributed by atoms with E-state index in [0.29, 0.717) is 0 Å². The van der Waals surface area contributed by atoms with Crippen molar-refractivity contribution in [1.29, 1.82) is 0 Å². The first kappa shape index (κ1) is 17.9. The zero-order chi connectivity index (χ0) is 18.7. The van der Waals surface area contributed by atoms with E-state index in [-0.39, 0.29) is 35.7 Å². The Morgan fingerprint density at radius 1 is 1.23 bits per heavy atom. The molecule has 0 saturated heterocycles. The number of carbonyl (C=O) groups excluding carboxylic acids is 2. The zero-order valence-electron chi connectivity index (χ0n) is 14.7. The molecule has 0 bridgehead atoms. The van der Waals surface area contributed by atoms with Crippen molar-refractivity contribution in [3.05, 3.63) is 69.6 Å². The van der Waals surface area contributed by atoms with Crippen LogP contribution >= 0.6 is 0 Å². The molecule has 2 unspecified atom stereocenters. The number of rotatable bonds is 6. The number of methoxy groups -OCH3 is 1. The molecule has 7 nitrogen and oxygen atoms in total. The predicted molar refractivity (Wildman–Crippen MR) is 96.3 cm³/mol. The van der Waals surface area contributed by atoms with E-state index in [9.17, 15) is 14.4 Å². The average molecular weight is 355 g/mol. The molecule has 0 aliphatic heterocycles. The molecule has 1 fully saturated rings. The Labute approximate surface area is 151 Å². The summed E-state index contributed by atoms with van der Waals surface area (Å²) in [7, 11) is 3.05. The average Bonchev–Trinajstić information content (AvgIpc) is 3.41. The van der Waals surface area contributed by atoms with E-state index in [2.05, 4.69) is 10.6 Å². The van der Waals surface area contributed by atoms with Gasteiger partial charge in [-0.1, -0.05) is 30.3 Å². The van der Waals surface area contributed by atoms with E-state index in [1.807, 2.05) is 30.3 Å². The highest BCUT2D eigenvalue weighted by Crippen LogP contribution is 2.24. The second-order valence-corrected chi connectivity index (χ2v) is 6.23. The van der Waals surface area contributed by atoms with Crippen molar-refractivity contribution in [2.75, 3.05) is 14.2 Å². The van der Waals surface area contributed by atoms with E-state index in [4.69, 9.17) is 4.74 Å². The third kappa shape index (κ3) is 3.83. The van der Waals surface area contributed by atoms with Crippen molar-refractivity contribution in [1.82, 2.24) is 15.2 Å². The van der Waals surface area contributed by atoms with Gasteiger partial charge < -0.3 is 19.9 Å². The Morgan fingerprint density at radius 3 is 2.58 bits per heavy atom. The van der Waals surface area contributed by atoms with Gasteiger partial charge in [-0.3, -0.25) is 14.4 Å². The fourth-order valence-corrected chi connectivity index (χ4v) is 2.79. The summed E-state index contributed by atoms with van der Waals surface area (Å²) in [6, 6.07) is 10.7. The molecule has 136 valence electrons. The summed E-state index contributed by atoms with van der Waals surface area (Å²) in [5.74, 6) is -0.853. The number of carbonyl (C=O) groups is 2. The van der Waals surface area contributed by atoms with Crippen LogP contribution < -0.4 is 16.2 Å². The fraction of sp³-hybridized carbons (Fsp3) is 0.316. The topological polar surface area (TPSA) is 89.4 Å². The maximum Gasteiger partial charge on any atom is 0.263 e. The van der Waals surface area contributed by atoms with Gasteiger partial charge in [-0.2, -0.15) is 0 Å². The second-order valence-electron chi connectivity index (χ2n) is 6.23. The number of nitrogens with zero attached hydrogens (tertiary/aromatic N) is 1. The van der Waals surface area contributed by atoms with E-state index in [0.717, 1.165) is 12.0 Å². The molecule has 2 N–H and O–H groups in total. The molecule has 3 rings (SSSR count). The molecule has 26 heavy (non-hydrogen) atoms. The molecule has 1 heterocycles. The van der Waals surface area contributed by atoms with Gasteiger partial charge in [0.1, 0.15) is 5.56 Å². The van der Waals surface area contributed by atoms with Crippen LogP contribution in [0.3, 0.4) is 0 Å². The molecule has 2 amide bonds. The first-order valence-electron chi connectivity index (χ1n) is 8.37. The summed E-state index contributed by atoms with van der Waals surface area (Å²) in [5, 5.41) is 5.30. The summed E-state index contributed by atoms with van der Waals surface area (Å²) in [5.41, 5.74) is 0.665. The van der Waals surface area contributed by atoms with Gasteiger partial charge in [0.05, 0.1) is 24.3 Å². The lowest BCUT2D eigenvalue weighted by molar-refractivity contribution is 0.0934. The van der Waals surface area contributed by atoms with Crippen LogP contribution in [-0.4, -0.2) is 42.7 Å². The van der Waals surface area contributed by atoms with Gasteiger partial charge in [0.2, 0.25) is 0 Å². The minimum Gasteiger partial charge on any atom is -0.379 e. The van der Waals surface area contributed by atoms with Crippen LogP contribution in [0.15, 0.2) is 47.4 Å². The van der Waals surface area contributed by atoms with Gasteiger partial charge >= 0.3 is 0 Å². The van der Waals surface area contributed by atoms with Gasteiger partial charge in [0.25, 0.3) is 17.4 Å². The van der Waals surface area contributed by atoms with Crippen molar-refractivity contribution in [3.63, 3.8) is 0 Å². The lowest BCUT2D eigenvalue weighted by atomic mass is 10.1. The first-order valence-corrected chi connectivity index (χ1v) is 8.37. The minimum absolute atomic E-state index is 0.0209. The zero-order valence-corrected chi connectivity index (χ0v) is 14.7. The Balaban J connectivity index is 1.93. The number of hydrogen-bond donors (Lipinski definition) is 2. The van der Waals surface area contributed by atoms with Gasteiger partial charge in [-0.15, -0.1) is 0 Å². The molecule has 0 spiro atoms. The summed E-state index contributed by atoms with van der Waals surface area (Å²) >= 11 is 0. The summed E-state index contributed by atoms with van der Waals surface area (Å²) in [6.07, 6.45) is 2.27. The largest absolute Gasteiger partial charge is 0.379 e. The van der Waals surface area contributed by atoms with Crippen LogP contribution in [0.5, 0.6) is 0 Å².